The lowest BCUT2D eigenvalue weighted by Gasteiger charge is -2.18. The fourth-order valence-corrected chi connectivity index (χ4v) is 5.50. The lowest BCUT2D eigenvalue weighted by Crippen LogP contribution is -2.30. The maximum Gasteiger partial charge on any atom is 0.305 e. The third-order valence-electron chi connectivity index (χ3n) is 6.01. The van der Waals surface area contributed by atoms with E-state index in [1.54, 1.807) is 42.5 Å². The molecule has 0 radical (unpaired) electrons. The highest BCUT2D eigenvalue weighted by atomic mass is 32.2. The number of benzene rings is 3. The zero-order valence-electron chi connectivity index (χ0n) is 19.4. The number of carboxylic acid groups (broad SMARTS) is 1. The van der Waals surface area contributed by atoms with Crippen LogP contribution in [0.3, 0.4) is 0 Å². The summed E-state index contributed by atoms with van der Waals surface area (Å²) in [5.74, 6) is -1.08. The summed E-state index contributed by atoms with van der Waals surface area (Å²) in [6.07, 6.45) is 2.11. The van der Waals surface area contributed by atoms with Crippen LogP contribution in [0, 0.1) is 0 Å². The van der Waals surface area contributed by atoms with Gasteiger partial charge in [-0.2, -0.15) is 0 Å². The summed E-state index contributed by atoms with van der Waals surface area (Å²) in [6, 6.07) is 22.5. The third-order valence-corrected chi connectivity index (χ3v) is 7.48. The Bertz CT molecular complexity index is 1240. The normalized spacial score (nSPS) is 16.7. The molecule has 7 nitrogen and oxygen atoms in total. The first-order chi connectivity index (χ1) is 16.9. The first kappa shape index (κ1) is 25.1. The molecule has 2 atom stereocenters. The van der Waals surface area contributed by atoms with Gasteiger partial charge in [0.15, 0.2) is 0 Å². The molecule has 1 heterocycles. The molecule has 0 bridgehead atoms. The second-order valence-corrected chi connectivity index (χ2v) is 10.4. The summed E-state index contributed by atoms with van der Waals surface area (Å²) < 4.78 is 34.6. The van der Waals surface area contributed by atoms with Gasteiger partial charge in [0.05, 0.1) is 23.5 Å². The number of rotatable bonds is 11. The van der Waals surface area contributed by atoms with Crippen LogP contribution in [-0.4, -0.2) is 38.7 Å². The minimum atomic E-state index is -3.96. The minimum Gasteiger partial charge on any atom is -0.481 e. The average Bonchev–Trinajstić information content (AvgIpc) is 3.38. The number of aliphatic carboxylic acids is 1. The van der Waals surface area contributed by atoms with Gasteiger partial charge >= 0.3 is 5.97 Å². The number of nitrogens with one attached hydrogen (secondary N) is 2. The lowest BCUT2D eigenvalue weighted by molar-refractivity contribution is -0.137. The van der Waals surface area contributed by atoms with E-state index in [1.165, 1.54) is 6.07 Å². The number of carbonyl (C=O) groups is 1. The Labute approximate surface area is 206 Å². The summed E-state index contributed by atoms with van der Waals surface area (Å²) >= 11 is 0. The molecule has 3 aromatic rings. The van der Waals surface area contributed by atoms with Gasteiger partial charge < -0.3 is 15.2 Å². The predicted molar refractivity (Wildman–Crippen MR) is 134 cm³/mol. The van der Waals surface area contributed by atoms with E-state index >= 15 is 0 Å². The Morgan fingerprint density at radius 1 is 1.00 bits per heavy atom. The van der Waals surface area contributed by atoms with Crippen LogP contribution >= 0.6 is 0 Å². The Kier molecular flexibility index (Phi) is 8.30. The molecule has 0 saturated carbocycles. The van der Waals surface area contributed by atoms with Crippen LogP contribution in [0.2, 0.25) is 0 Å². The van der Waals surface area contributed by atoms with E-state index in [0.29, 0.717) is 12.1 Å². The Morgan fingerprint density at radius 3 is 2.46 bits per heavy atom. The van der Waals surface area contributed by atoms with Crippen molar-refractivity contribution in [3.8, 4) is 11.1 Å². The first-order valence-electron chi connectivity index (χ1n) is 11.7. The number of hydrogen-bond donors (Lipinski definition) is 3. The van der Waals surface area contributed by atoms with Crippen LogP contribution in [-0.2, 0) is 26.1 Å². The van der Waals surface area contributed by atoms with E-state index in [2.05, 4.69) is 10.0 Å². The van der Waals surface area contributed by atoms with Crippen LogP contribution in [0.25, 0.3) is 11.1 Å². The minimum absolute atomic E-state index is 0.0863. The summed E-state index contributed by atoms with van der Waals surface area (Å²) in [4.78, 5) is 11.5. The van der Waals surface area contributed by atoms with Gasteiger partial charge in [-0.05, 0) is 53.3 Å². The molecule has 184 valence electrons. The molecule has 1 saturated heterocycles. The summed E-state index contributed by atoms with van der Waals surface area (Å²) in [5.41, 5.74) is 3.36. The summed E-state index contributed by atoms with van der Waals surface area (Å²) in [5, 5.41) is 12.7. The van der Waals surface area contributed by atoms with E-state index in [1.807, 2.05) is 30.3 Å². The summed E-state index contributed by atoms with van der Waals surface area (Å²) in [7, 11) is -3.96. The number of ether oxygens (including phenoxy) is 1. The molecule has 35 heavy (non-hydrogen) atoms. The van der Waals surface area contributed by atoms with Crippen molar-refractivity contribution in [2.75, 3.05) is 13.2 Å². The lowest BCUT2D eigenvalue weighted by atomic mass is 10.0. The number of hydrogen-bond acceptors (Lipinski definition) is 5. The molecular formula is C27H30N2O5S. The maximum atomic E-state index is 13.2. The molecule has 1 fully saturated rings. The monoisotopic (exact) mass is 494 g/mol. The van der Waals surface area contributed by atoms with Gasteiger partial charge in [0.2, 0.25) is 10.0 Å². The van der Waals surface area contributed by atoms with Gasteiger partial charge in [0.25, 0.3) is 0 Å². The van der Waals surface area contributed by atoms with Crippen molar-refractivity contribution in [1.29, 1.82) is 0 Å². The fourth-order valence-electron chi connectivity index (χ4n) is 4.23. The fraction of sp³-hybridized carbons (Fsp3) is 0.296. The molecule has 0 aromatic heterocycles. The highest BCUT2D eigenvalue weighted by Gasteiger charge is 2.24. The van der Waals surface area contributed by atoms with E-state index < -0.39 is 22.0 Å². The van der Waals surface area contributed by atoms with Crippen molar-refractivity contribution in [2.45, 2.75) is 42.8 Å². The van der Waals surface area contributed by atoms with Crippen molar-refractivity contribution in [2.24, 2.45) is 0 Å². The topological polar surface area (TPSA) is 105 Å². The van der Waals surface area contributed by atoms with Gasteiger partial charge in [-0.3, -0.25) is 4.79 Å². The third kappa shape index (κ3) is 6.99. The quantitative estimate of drug-likeness (QED) is 0.370. The first-order valence-corrected chi connectivity index (χ1v) is 13.2. The number of sulfonamides is 1. The summed E-state index contributed by atoms with van der Waals surface area (Å²) in [6.45, 7) is 2.34. The van der Waals surface area contributed by atoms with E-state index in [0.717, 1.165) is 42.7 Å². The Morgan fingerprint density at radius 2 is 1.74 bits per heavy atom. The molecule has 0 aliphatic carbocycles. The van der Waals surface area contributed by atoms with E-state index in [9.17, 15) is 18.3 Å². The van der Waals surface area contributed by atoms with Gasteiger partial charge in [-0.1, -0.05) is 60.7 Å². The average molecular weight is 495 g/mol. The van der Waals surface area contributed by atoms with Crippen molar-refractivity contribution >= 4 is 16.0 Å². The largest absolute Gasteiger partial charge is 0.481 e. The molecule has 1 aliphatic rings. The molecule has 4 rings (SSSR count). The predicted octanol–water partition coefficient (Wildman–Crippen LogP) is 4.12. The van der Waals surface area contributed by atoms with Crippen LogP contribution in [0.4, 0.5) is 0 Å². The second kappa shape index (κ2) is 11.6. The van der Waals surface area contributed by atoms with Crippen molar-refractivity contribution in [3.63, 3.8) is 0 Å². The molecule has 0 unspecified atom stereocenters. The van der Waals surface area contributed by atoms with Gasteiger partial charge in [0.1, 0.15) is 0 Å². The smallest absolute Gasteiger partial charge is 0.305 e. The van der Waals surface area contributed by atoms with E-state index in [4.69, 9.17) is 4.74 Å². The standard InChI is InChI=1S/C27H30N2O5S/c30-27(31)17-26(21-8-2-1-3-9-21)29-35(32,33)25-13-5-11-23(16-25)22-10-4-7-20(15-22)18-28-19-24-12-6-14-34-24/h1-5,7-11,13,15-16,24,26,28-29H,6,12,14,17-19H2,(H,30,31)/t24-,26+/m0/s1. The Balaban J connectivity index is 1.50. The highest BCUT2D eigenvalue weighted by Crippen LogP contribution is 2.26. The molecule has 8 heteroatoms. The van der Waals surface area contributed by atoms with Crippen molar-refractivity contribution in [1.82, 2.24) is 10.0 Å². The Hall–Kier alpha value is -3.04. The molecule has 3 aromatic carbocycles. The molecule has 1 aliphatic heterocycles. The van der Waals surface area contributed by atoms with Crippen LogP contribution < -0.4 is 10.0 Å². The molecule has 0 spiro atoms. The van der Waals surface area contributed by atoms with Crippen LogP contribution in [0.5, 0.6) is 0 Å². The van der Waals surface area contributed by atoms with Crippen LogP contribution in [0.1, 0.15) is 36.4 Å². The molecular weight excluding hydrogens is 464 g/mol. The van der Waals surface area contributed by atoms with E-state index in [-0.39, 0.29) is 17.4 Å². The van der Waals surface area contributed by atoms with Crippen molar-refractivity contribution < 1.29 is 23.1 Å². The number of carboxylic acids is 1. The zero-order chi connectivity index (χ0) is 24.7. The highest BCUT2D eigenvalue weighted by molar-refractivity contribution is 7.89. The van der Waals surface area contributed by atoms with Gasteiger partial charge in [-0.15, -0.1) is 0 Å². The van der Waals surface area contributed by atoms with Crippen LogP contribution in [0.15, 0.2) is 83.8 Å². The van der Waals surface area contributed by atoms with Gasteiger partial charge in [0, 0.05) is 19.7 Å². The SMILES string of the molecule is O=C(O)C[C@@H](NS(=O)(=O)c1cccc(-c2cccc(CNC[C@@H]3CCCO3)c2)c1)c1ccccc1. The maximum absolute atomic E-state index is 13.2. The second-order valence-electron chi connectivity index (χ2n) is 8.68. The zero-order valence-corrected chi connectivity index (χ0v) is 20.2. The molecule has 3 N–H and O–H groups in total. The molecule has 0 amide bonds. The van der Waals surface area contributed by atoms with Crippen molar-refractivity contribution in [3.05, 3.63) is 90.0 Å². The van der Waals surface area contributed by atoms with Gasteiger partial charge in [-0.25, -0.2) is 13.1 Å².